The van der Waals surface area contributed by atoms with Gasteiger partial charge in [0.25, 0.3) is 3.91 Å². The average Bonchev–Trinajstić information content (AvgIpc) is 2.39. The third-order valence-electron chi connectivity index (χ3n) is 1.86. The van der Waals surface area contributed by atoms with Crippen LogP contribution in [0.3, 0.4) is 0 Å². The number of rotatable bonds is 2. The molecule has 1 fully saturated rings. The molecular weight excluding hydrogens is 257 g/mol. The number of ether oxygens (including phenoxy) is 1. The Hall–Kier alpha value is 0.160. The van der Waals surface area contributed by atoms with E-state index in [1.54, 1.807) is 27.5 Å². The van der Waals surface area contributed by atoms with Gasteiger partial charge in [0.1, 0.15) is 0 Å². The molecule has 0 N–H and O–H groups in total. The predicted octanol–water partition coefficient (Wildman–Crippen LogP) is 1.51. The lowest BCUT2D eigenvalue weighted by atomic mass is 10.1. The number of nitrogens with zero attached hydrogens (tertiary/aromatic N) is 1. The molecule has 1 atom stereocenters. The Balaban J connectivity index is 2.23. The van der Waals surface area contributed by atoms with Gasteiger partial charge in [-0.3, -0.25) is 4.79 Å². The second kappa shape index (κ2) is 4.25. The van der Waals surface area contributed by atoms with E-state index < -0.39 is 0 Å². The van der Waals surface area contributed by atoms with Crippen LogP contribution in [0.5, 0.6) is 0 Å². The van der Waals surface area contributed by atoms with Crippen LogP contribution < -0.4 is 0 Å². The van der Waals surface area contributed by atoms with Gasteiger partial charge in [0, 0.05) is 48.7 Å². The highest BCUT2D eigenvalue weighted by Gasteiger charge is 2.18. The van der Waals surface area contributed by atoms with Crippen LogP contribution in [0.2, 0.25) is 0 Å². The number of carbonyl (C=O) groups excluding carboxylic acids is 1. The fourth-order valence-corrected chi connectivity index (χ4v) is 1.38. The maximum atomic E-state index is 10.8. The van der Waals surface area contributed by atoms with Gasteiger partial charge in [0.2, 0.25) is 0 Å². The quantitative estimate of drug-likeness (QED) is 0.432. The monoisotopic (exact) mass is 269 g/mol. The minimum atomic E-state index is 0.106. The number of carbonyl (C=O) groups is 1. The fraction of sp³-hybridized carbons (Fsp3) is 0.857. The van der Waals surface area contributed by atoms with Gasteiger partial charge in [-0.05, 0) is 6.42 Å². The molecule has 3 nitrogen and oxygen atoms in total. The lowest BCUT2D eigenvalue weighted by Crippen LogP contribution is -2.27. The second-order valence-corrected chi connectivity index (χ2v) is 3.79. The van der Waals surface area contributed by atoms with Crippen molar-refractivity contribution in [3.8, 4) is 0 Å². The SMILES string of the molecule is CN(C[C@H]1CCOC1)C(=O)I. The lowest BCUT2D eigenvalue weighted by Gasteiger charge is -2.16. The molecule has 1 aliphatic heterocycles. The van der Waals surface area contributed by atoms with Crippen LogP contribution >= 0.6 is 22.6 Å². The summed E-state index contributed by atoms with van der Waals surface area (Å²) >= 11 is 1.80. The van der Waals surface area contributed by atoms with Crippen molar-refractivity contribution in [1.82, 2.24) is 4.90 Å². The second-order valence-electron chi connectivity index (χ2n) is 2.86. The summed E-state index contributed by atoms with van der Waals surface area (Å²) in [5.41, 5.74) is 0. The van der Waals surface area contributed by atoms with Crippen LogP contribution in [0.15, 0.2) is 0 Å². The summed E-state index contributed by atoms with van der Waals surface area (Å²) in [7, 11) is 1.83. The highest BCUT2D eigenvalue weighted by atomic mass is 127. The number of hydrogen-bond acceptors (Lipinski definition) is 2. The maximum Gasteiger partial charge on any atom is 0.282 e. The Morgan fingerprint density at radius 2 is 2.55 bits per heavy atom. The molecule has 0 aromatic carbocycles. The summed E-state index contributed by atoms with van der Waals surface area (Å²) in [6, 6.07) is 0. The van der Waals surface area contributed by atoms with Gasteiger partial charge in [-0.1, -0.05) is 0 Å². The molecule has 0 unspecified atom stereocenters. The first kappa shape index (κ1) is 9.25. The lowest BCUT2D eigenvalue weighted by molar-refractivity contribution is 0.177. The third kappa shape index (κ3) is 2.94. The first-order valence-electron chi connectivity index (χ1n) is 3.68. The summed E-state index contributed by atoms with van der Waals surface area (Å²) in [6.45, 7) is 2.50. The van der Waals surface area contributed by atoms with Gasteiger partial charge in [0.05, 0.1) is 6.61 Å². The zero-order valence-electron chi connectivity index (χ0n) is 6.55. The summed E-state index contributed by atoms with van der Waals surface area (Å²) in [6.07, 6.45) is 1.09. The molecule has 0 aromatic heterocycles. The van der Waals surface area contributed by atoms with Crippen molar-refractivity contribution >= 4 is 26.5 Å². The van der Waals surface area contributed by atoms with Crippen molar-refractivity contribution in [2.45, 2.75) is 6.42 Å². The molecule has 1 aliphatic rings. The van der Waals surface area contributed by atoms with E-state index >= 15 is 0 Å². The molecule has 1 rings (SSSR count). The molecule has 1 amide bonds. The van der Waals surface area contributed by atoms with E-state index in [4.69, 9.17) is 4.74 Å². The number of halogens is 1. The van der Waals surface area contributed by atoms with Crippen LogP contribution in [-0.4, -0.2) is 35.6 Å². The molecule has 0 spiro atoms. The molecule has 1 heterocycles. The van der Waals surface area contributed by atoms with Gasteiger partial charge >= 0.3 is 0 Å². The minimum Gasteiger partial charge on any atom is -0.381 e. The smallest absolute Gasteiger partial charge is 0.282 e. The Morgan fingerprint density at radius 1 is 1.82 bits per heavy atom. The Morgan fingerprint density at radius 3 is 3.00 bits per heavy atom. The molecule has 4 heteroatoms. The molecule has 0 aliphatic carbocycles. The van der Waals surface area contributed by atoms with Gasteiger partial charge in [-0.15, -0.1) is 0 Å². The van der Waals surface area contributed by atoms with Crippen LogP contribution in [-0.2, 0) is 4.74 Å². The van der Waals surface area contributed by atoms with Gasteiger partial charge in [0.15, 0.2) is 0 Å². The zero-order valence-corrected chi connectivity index (χ0v) is 8.70. The largest absolute Gasteiger partial charge is 0.381 e. The normalized spacial score (nSPS) is 23.6. The number of hydrogen-bond donors (Lipinski definition) is 0. The minimum absolute atomic E-state index is 0.106. The van der Waals surface area contributed by atoms with Crippen molar-refractivity contribution in [2.24, 2.45) is 5.92 Å². The Kier molecular flexibility index (Phi) is 3.58. The van der Waals surface area contributed by atoms with E-state index in [0.717, 1.165) is 26.2 Å². The highest BCUT2D eigenvalue weighted by molar-refractivity contribution is 14.1. The van der Waals surface area contributed by atoms with Crippen LogP contribution in [0.1, 0.15) is 6.42 Å². The van der Waals surface area contributed by atoms with E-state index in [1.807, 2.05) is 7.05 Å². The molecule has 0 bridgehead atoms. The molecule has 1 saturated heterocycles. The maximum absolute atomic E-state index is 10.8. The first-order chi connectivity index (χ1) is 5.20. The van der Waals surface area contributed by atoms with Crippen molar-refractivity contribution in [3.63, 3.8) is 0 Å². The molecule has 0 radical (unpaired) electrons. The number of amides is 1. The molecular formula is C7H12INO2. The molecule has 64 valence electrons. The Bertz CT molecular complexity index is 145. The van der Waals surface area contributed by atoms with E-state index in [0.29, 0.717) is 5.92 Å². The first-order valence-corrected chi connectivity index (χ1v) is 4.76. The van der Waals surface area contributed by atoms with E-state index in [-0.39, 0.29) is 3.91 Å². The Labute approximate surface area is 80.2 Å². The standard InChI is InChI=1S/C7H12INO2/c1-9(7(8)10)4-6-2-3-11-5-6/h6H,2-5H2,1H3/t6-/m1/s1. The van der Waals surface area contributed by atoms with Crippen molar-refractivity contribution in [2.75, 3.05) is 26.8 Å². The molecule has 0 aromatic rings. The van der Waals surface area contributed by atoms with Crippen molar-refractivity contribution < 1.29 is 9.53 Å². The fourth-order valence-electron chi connectivity index (χ4n) is 1.19. The van der Waals surface area contributed by atoms with Crippen molar-refractivity contribution in [3.05, 3.63) is 0 Å². The van der Waals surface area contributed by atoms with E-state index in [2.05, 4.69) is 0 Å². The van der Waals surface area contributed by atoms with Crippen LogP contribution in [0.25, 0.3) is 0 Å². The topological polar surface area (TPSA) is 29.5 Å². The predicted molar refractivity (Wildman–Crippen MR) is 51.0 cm³/mol. The molecule has 0 saturated carbocycles. The van der Waals surface area contributed by atoms with Gasteiger partial charge in [-0.2, -0.15) is 0 Å². The van der Waals surface area contributed by atoms with Gasteiger partial charge < -0.3 is 9.64 Å². The average molecular weight is 269 g/mol. The van der Waals surface area contributed by atoms with E-state index in [1.165, 1.54) is 0 Å². The summed E-state index contributed by atoms with van der Waals surface area (Å²) in [5, 5.41) is 0. The van der Waals surface area contributed by atoms with Gasteiger partial charge in [-0.25, -0.2) is 0 Å². The molecule has 11 heavy (non-hydrogen) atoms. The summed E-state index contributed by atoms with van der Waals surface area (Å²) in [4.78, 5) is 12.5. The van der Waals surface area contributed by atoms with Crippen LogP contribution in [0.4, 0.5) is 4.79 Å². The third-order valence-corrected chi connectivity index (χ3v) is 2.68. The van der Waals surface area contributed by atoms with Crippen LogP contribution in [0, 0.1) is 5.92 Å². The van der Waals surface area contributed by atoms with Crippen molar-refractivity contribution in [1.29, 1.82) is 0 Å². The van der Waals surface area contributed by atoms with E-state index in [9.17, 15) is 4.79 Å². The summed E-state index contributed by atoms with van der Waals surface area (Å²) in [5.74, 6) is 0.554. The summed E-state index contributed by atoms with van der Waals surface area (Å²) < 4.78 is 5.30. The highest BCUT2D eigenvalue weighted by Crippen LogP contribution is 2.14. The zero-order chi connectivity index (χ0) is 8.27.